The summed E-state index contributed by atoms with van der Waals surface area (Å²) in [4.78, 5) is 21.3. The van der Waals surface area contributed by atoms with Gasteiger partial charge >= 0.3 is 11.9 Å². The zero-order valence-electron chi connectivity index (χ0n) is 7.14. The highest BCUT2D eigenvalue weighted by Crippen LogP contribution is 2.23. The van der Waals surface area contributed by atoms with Crippen LogP contribution in [0.4, 0.5) is 0 Å². The first-order valence-corrected chi connectivity index (χ1v) is 4.22. The first-order chi connectivity index (χ1) is 6.11. The average molecular weight is 184 g/mol. The SMILES string of the molecule is O=C(O)C1CC=CCC(C(=O)O)C1. The van der Waals surface area contributed by atoms with Gasteiger partial charge in [-0.2, -0.15) is 0 Å². The Hall–Kier alpha value is -1.32. The number of carboxylic acid groups (broad SMARTS) is 2. The molecule has 72 valence electrons. The van der Waals surface area contributed by atoms with Crippen molar-refractivity contribution in [3.63, 3.8) is 0 Å². The summed E-state index contributed by atoms with van der Waals surface area (Å²) in [5.74, 6) is -2.89. The highest BCUT2D eigenvalue weighted by Gasteiger charge is 2.26. The van der Waals surface area contributed by atoms with E-state index in [0.717, 1.165) is 0 Å². The van der Waals surface area contributed by atoms with E-state index in [0.29, 0.717) is 12.8 Å². The lowest BCUT2D eigenvalue weighted by atomic mass is 9.93. The summed E-state index contributed by atoms with van der Waals surface area (Å²) >= 11 is 0. The van der Waals surface area contributed by atoms with Gasteiger partial charge in [-0.1, -0.05) is 12.2 Å². The summed E-state index contributed by atoms with van der Waals surface area (Å²) in [6.07, 6.45) is 4.62. The van der Waals surface area contributed by atoms with Crippen molar-refractivity contribution in [1.29, 1.82) is 0 Å². The van der Waals surface area contributed by atoms with Crippen LogP contribution >= 0.6 is 0 Å². The standard InChI is InChI=1S/C9H12O4/c10-8(11)6-3-1-2-4-7(5-6)9(12)13/h1-2,6-7H,3-5H2,(H,10,11)(H,12,13). The van der Waals surface area contributed by atoms with Crippen molar-refractivity contribution in [3.8, 4) is 0 Å². The Kier molecular flexibility index (Phi) is 3.06. The zero-order chi connectivity index (χ0) is 9.84. The monoisotopic (exact) mass is 184 g/mol. The van der Waals surface area contributed by atoms with Crippen molar-refractivity contribution in [2.45, 2.75) is 19.3 Å². The minimum absolute atomic E-state index is 0.234. The second-order valence-electron chi connectivity index (χ2n) is 3.25. The maximum absolute atomic E-state index is 10.6. The fraction of sp³-hybridized carbons (Fsp3) is 0.556. The van der Waals surface area contributed by atoms with Crippen molar-refractivity contribution in [2.24, 2.45) is 11.8 Å². The summed E-state index contributed by atoms with van der Waals surface area (Å²) in [5.41, 5.74) is 0. The van der Waals surface area contributed by atoms with Gasteiger partial charge in [-0.15, -0.1) is 0 Å². The van der Waals surface area contributed by atoms with E-state index >= 15 is 0 Å². The Morgan fingerprint density at radius 3 is 1.69 bits per heavy atom. The van der Waals surface area contributed by atoms with Crippen LogP contribution in [0, 0.1) is 11.8 Å². The maximum atomic E-state index is 10.6. The number of allylic oxidation sites excluding steroid dienone is 2. The van der Waals surface area contributed by atoms with Gasteiger partial charge in [0.25, 0.3) is 0 Å². The molecule has 0 heterocycles. The first-order valence-electron chi connectivity index (χ1n) is 4.22. The Balaban J connectivity index is 2.66. The zero-order valence-corrected chi connectivity index (χ0v) is 7.14. The molecule has 0 radical (unpaired) electrons. The molecule has 2 N–H and O–H groups in total. The normalized spacial score (nSPS) is 28.0. The molecule has 0 aromatic rings. The minimum Gasteiger partial charge on any atom is -0.481 e. The van der Waals surface area contributed by atoms with Gasteiger partial charge in [0.1, 0.15) is 0 Å². The van der Waals surface area contributed by atoms with E-state index in [1.165, 1.54) is 0 Å². The molecule has 2 unspecified atom stereocenters. The number of aliphatic carboxylic acids is 2. The van der Waals surface area contributed by atoms with Crippen LogP contribution < -0.4 is 0 Å². The molecule has 0 aromatic carbocycles. The molecule has 0 saturated carbocycles. The largest absolute Gasteiger partial charge is 0.481 e. The van der Waals surface area contributed by atoms with E-state index in [2.05, 4.69) is 0 Å². The molecule has 0 fully saturated rings. The second kappa shape index (κ2) is 4.07. The van der Waals surface area contributed by atoms with Gasteiger partial charge < -0.3 is 10.2 Å². The van der Waals surface area contributed by atoms with E-state index in [-0.39, 0.29) is 6.42 Å². The predicted octanol–water partition coefficient (Wildman–Crippen LogP) is 1.13. The smallest absolute Gasteiger partial charge is 0.306 e. The van der Waals surface area contributed by atoms with Crippen LogP contribution in [0.25, 0.3) is 0 Å². The van der Waals surface area contributed by atoms with Crippen molar-refractivity contribution < 1.29 is 19.8 Å². The molecule has 2 atom stereocenters. The fourth-order valence-corrected chi connectivity index (χ4v) is 1.46. The predicted molar refractivity (Wildman–Crippen MR) is 45.2 cm³/mol. The van der Waals surface area contributed by atoms with Crippen LogP contribution in [0.3, 0.4) is 0 Å². The van der Waals surface area contributed by atoms with Gasteiger partial charge in [-0.05, 0) is 19.3 Å². The molecule has 4 nitrogen and oxygen atoms in total. The van der Waals surface area contributed by atoms with Crippen molar-refractivity contribution in [2.75, 3.05) is 0 Å². The lowest BCUT2D eigenvalue weighted by Crippen LogP contribution is -2.20. The van der Waals surface area contributed by atoms with Crippen LogP contribution in [0.5, 0.6) is 0 Å². The molecule has 1 aliphatic rings. The van der Waals surface area contributed by atoms with Crippen LogP contribution in [0.15, 0.2) is 12.2 Å². The average Bonchev–Trinajstić information content (AvgIpc) is 2.28. The molecule has 0 spiro atoms. The molecule has 1 aliphatic carbocycles. The lowest BCUT2D eigenvalue weighted by Gasteiger charge is -2.12. The van der Waals surface area contributed by atoms with Gasteiger partial charge in [0, 0.05) is 0 Å². The third-order valence-electron chi connectivity index (χ3n) is 2.28. The molecule has 0 amide bonds. The number of rotatable bonds is 2. The number of hydrogen-bond donors (Lipinski definition) is 2. The van der Waals surface area contributed by atoms with Crippen molar-refractivity contribution >= 4 is 11.9 Å². The van der Waals surface area contributed by atoms with Gasteiger partial charge in [-0.25, -0.2) is 0 Å². The van der Waals surface area contributed by atoms with Gasteiger partial charge in [-0.3, -0.25) is 9.59 Å². The molecular formula is C9H12O4. The van der Waals surface area contributed by atoms with Gasteiger partial charge in [0.2, 0.25) is 0 Å². The Labute approximate surface area is 75.9 Å². The highest BCUT2D eigenvalue weighted by atomic mass is 16.4. The van der Waals surface area contributed by atoms with Gasteiger partial charge in [0.15, 0.2) is 0 Å². The quantitative estimate of drug-likeness (QED) is 0.631. The molecule has 0 bridgehead atoms. The third-order valence-corrected chi connectivity index (χ3v) is 2.28. The Morgan fingerprint density at radius 2 is 1.38 bits per heavy atom. The van der Waals surface area contributed by atoms with Gasteiger partial charge in [0.05, 0.1) is 11.8 Å². The third kappa shape index (κ3) is 2.57. The topological polar surface area (TPSA) is 74.6 Å². The number of carboxylic acids is 2. The maximum Gasteiger partial charge on any atom is 0.306 e. The highest BCUT2D eigenvalue weighted by molar-refractivity contribution is 5.74. The van der Waals surface area contributed by atoms with Crippen LogP contribution in [-0.4, -0.2) is 22.2 Å². The van der Waals surface area contributed by atoms with E-state index in [1.807, 2.05) is 0 Å². The number of hydrogen-bond acceptors (Lipinski definition) is 2. The number of carbonyl (C=O) groups is 2. The molecule has 4 heteroatoms. The molecular weight excluding hydrogens is 172 g/mol. The van der Waals surface area contributed by atoms with Crippen LogP contribution in [0.1, 0.15) is 19.3 Å². The summed E-state index contributed by atoms with van der Waals surface area (Å²) < 4.78 is 0. The molecule has 13 heavy (non-hydrogen) atoms. The summed E-state index contributed by atoms with van der Waals surface area (Å²) in [6.45, 7) is 0. The van der Waals surface area contributed by atoms with E-state index < -0.39 is 23.8 Å². The molecule has 0 aromatic heterocycles. The summed E-state index contributed by atoms with van der Waals surface area (Å²) in [6, 6.07) is 0. The van der Waals surface area contributed by atoms with E-state index in [1.54, 1.807) is 12.2 Å². The van der Waals surface area contributed by atoms with Crippen LogP contribution in [-0.2, 0) is 9.59 Å². The van der Waals surface area contributed by atoms with Crippen LogP contribution in [0.2, 0.25) is 0 Å². The Morgan fingerprint density at radius 1 is 1.00 bits per heavy atom. The van der Waals surface area contributed by atoms with Crippen molar-refractivity contribution in [3.05, 3.63) is 12.2 Å². The minimum atomic E-state index is -0.905. The van der Waals surface area contributed by atoms with Crippen molar-refractivity contribution in [1.82, 2.24) is 0 Å². The van der Waals surface area contributed by atoms with E-state index in [9.17, 15) is 9.59 Å². The molecule has 0 saturated heterocycles. The molecule has 0 aliphatic heterocycles. The fourth-order valence-electron chi connectivity index (χ4n) is 1.46. The second-order valence-corrected chi connectivity index (χ2v) is 3.25. The first kappa shape index (κ1) is 9.77. The molecule has 1 rings (SSSR count). The Bertz CT molecular complexity index is 220. The summed E-state index contributed by atoms with van der Waals surface area (Å²) in [7, 11) is 0. The van der Waals surface area contributed by atoms with E-state index in [4.69, 9.17) is 10.2 Å². The lowest BCUT2D eigenvalue weighted by molar-refractivity contribution is -0.145. The summed E-state index contributed by atoms with van der Waals surface area (Å²) in [5, 5.41) is 17.5.